The Balaban J connectivity index is 1.19. The van der Waals surface area contributed by atoms with Gasteiger partial charge in [0.2, 0.25) is 0 Å². The fourth-order valence-corrected chi connectivity index (χ4v) is 18.4. The Kier molecular flexibility index (Phi) is 12.8. The lowest BCUT2D eigenvalue weighted by Gasteiger charge is -2.46. The Morgan fingerprint density at radius 3 is 0.902 bits per heavy atom. The Bertz CT molecular complexity index is 9680. The van der Waals surface area contributed by atoms with Gasteiger partial charge >= 0.3 is 0 Å². The summed E-state index contributed by atoms with van der Waals surface area (Å²) in [5.41, 5.74) is -16.6. The van der Waals surface area contributed by atoms with Gasteiger partial charge in [-0.2, -0.15) is 0 Å². The van der Waals surface area contributed by atoms with E-state index < -0.39 is 361 Å². The van der Waals surface area contributed by atoms with Gasteiger partial charge in [-0.25, -0.2) is 0 Å². The molecule has 0 radical (unpaired) electrons. The van der Waals surface area contributed by atoms with Crippen LogP contribution in [0.5, 0.6) is 0 Å². The average Bonchev–Trinajstić information content (AvgIpc) is 1.65. The molecule has 0 bridgehead atoms. The normalized spacial score (nSPS) is 17.4. The Morgan fingerprint density at radius 1 is 0.220 bits per heavy atom. The summed E-state index contributed by atoms with van der Waals surface area (Å²) in [6.07, 6.45) is 0. The van der Waals surface area contributed by atoms with Gasteiger partial charge in [0.15, 0.2) is 0 Å². The zero-order chi connectivity index (χ0) is 124. The van der Waals surface area contributed by atoms with Crippen molar-refractivity contribution in [3.63, 3.8) is 0 Å². The lowest BCUT2D eigenvalue weighted by molar-refractivity contribution is 0.569. The van der Waals surface area contributed by atoms with Crippen LogP contribution in [0.2, 0.25) is 0 Å². The summed E-state index contributed by atoms with van der Waals surface area (Å²) in [5.74, 6) is 0. The smallest absolute Gasteiger partial charge is 0.252 e. The van der Waals surface area contributed by atoms with E-state index in [9.17, 15) is 48.0 Å². The van der Waals surface area contributed by atoms with Gasteiger partial charge in [0, 0.05) is 88.7 Å². The van der Waals surface area contributed by atoms with Crippen LogP contribution in [-0.4, -0.2) is 20.4 Å². The fraction of sp³-hybridized carbons (Fsp3) is 0.286. The van der Waals surface area contributed by atoms with E-state index >= 15 is 0 Å². The molecule has 2 aliphatic rings. The molecule has 0 saturated heterocycles. The highest BCUT2D eigenvalue weighted by molar-refractivity contribution is 7.00. The first-order valence-corrected chi connectivity index (χ1v) is 45.3. The van der Waals surface area contributed by atoms with Crippen LogP contribution < -0.4 is 26.2 Å². The second-order valence-electron chi connectivity index (χ2n) is 44.8. The van der Waals surface area contributed by atoms with Crippen LogP contribution in [-0.2, 0) is 48.7 Å². The standard InChI is InChI=1S/C126H130BN5/c1-118(2,3)80-52-48-77(49-53-80)96-69-86(124(19,20)21)71-98(79-64-84(122(13,14)15)66-85(65-79)123(16,17)18)116(96)131-111-74-89(129-109-62-56-82(120(7,8)9)67-99(109)100-68-83(121(10,11)12)57-63-110(100)129)59-61-103(111)127-104-60-58-88(128-105-44-34-29-39-92(105)93-40-30-35-45-106(93)128)73-112(104)132(114-76-90(75-113(131)115(114)127)130-107-46-36-31-41-94(107)95-42-32-37-47-108(95)130)117-97(78-50-54-81(55-51-78)119(4,5)6)70-87(125(22,23)24)72-101(117)91-38-28-33-43-102(91)126(25,26)27/h28-76H,1-27H3/i28D,29D,30D,31D,32D,33D,34D,35D,36D,37D,38D,39D,40D,41D,42D,43D,44D,45D,46D,47D,48D,49D,50D,51D,52D,53D,54D,55D,64D,65D,66D,69D,70D,71D,72D. The highest BCUT2D eigenvalue weighted by Gasteiger charge is 2.48. The Labute approximate surface area is 834 Å². The average molecular weight is 1760 g/mol. The number of hydrogen-bond donors (Lipinski definition) is 0. The summed E-state index contributed by atoms with van der Waals surface area (Å²) in [6.45, 7) is 46.8. The molecule has 0 aliphatic carbocycles. The van der Waals surface area contributed by atoms with Crippen molar-refractivity contribution in [1.82, 2.24) is 13.7 Å². The molecule has 0 amide bonds. The molecule has 5 heterocycles. The lowest BCUT2D eigenvalue weighted by atomic mass is 9.33. The first-order valence-electron chi connectivity index (χ1n) is 62.8. The molecule has 0 saturated carbocycles. The van der Waals surface area contributed by atoms with E-state index in [0.717, 1.165) is 21.9 Å². The summed E-state index contributed by atoms with van der Waals surface area (Å²) in [5, 5.41) is -0.245. The van der Waals surface area contributed by atoms with Crippen LogP contribution in [0.1, 0.15) is 285 Å². The van der Waals surface area contributed by atoms with E-state index in [0.29, 0.717) is 16.7 Å². The summed E-state index contributed by atoms with van der Waals surface area (Å²) in [6, 6.07) is -0.802. The van der Waals surface area contributed by atoms with Crippen LogP contribution in [0.3, 0.4) is 0 Å². The van der Waals surface area contributed by atoms with Crippen molar-refractivity contribution in [3.05, 3.63) is 346 Å². The van der Waals surface area contributed by atoms with Crippen molar-refractivity contribution in [2.75, 3.05) is 9.80 Å². The molecular formula is C126H130BN5. The fourth-order valence-electron chi connectivity index (χ4n) is 18.4. The number of hydrogen-bond acceptors (Lipinski definition) is 2. The molecule has 3 aromatic heterocycles. The van der Waals surface area contributed by atoms with Gasteiger partial charge < -0.3 is 23.5 Å². The van der Waals surface area contributed by atoms with Crippen LogP contribution in [0.15, 0.2) is 296 Å². The van der Waals surface area contributed by atoms with E-state index in [2.05, 4.69) is 53.7 Å². The number of para-hydroxylation sites is 4. The van der Waals surface area contributed by atoms with Crippen LogP contribution >= 0.6 is 0 Å². The lowest BCUT2D eigenvalue weighted by Crippen LogP contribution is -2.61. The summed E-state index contributed by atoms with van der Waals surface area (Å²) < 4.78 is 374. The van der Waals surface area contributed by atoms with E-state index in [4.69, 9.17) is 0 Å². The highest BCUT2D eigenvalue weighted by atomic mass is 15.2. The molecule has 6 heteroatoms. The van der Waals surface area contributed by atoms with Gasteiger partial charge in [0.1, 0.15) is 0 Å². The number of fused-ring (bicyclic) bond motifs is 13. The summed E-state index contributed by atoms with van der Waals surface area (Å²) in [4.78, 5) is 3.00. The molecule has 20 rings (SSSR count). The largest absolute Gasteiger partial charge is 0.310 e. The van der Waals surface area contributed by atoms with E-state index in [1.165, 1.54) is 38.3 Å². The number of aromatic nitrogens is 3. The molecule has 132 heavy (non-hydrogen) atoms. The zero-order valence-corrected chi connectivity index (χ0v) is 80.4. The maximum atomic E-state index is 12.0. The van der Waals surface area contributed by atoms with Gasteiger partial charge in [-0.3, -0.25) is 0 Å². The molecule has 15 aromatic carbocycles. The highest BCUT2D eigenvalue weighted by Crippen LogP contribution is 2.58. The third-order valence-corrected chi connectivity index (χ3v) is 25.7. The van der Waals surface area contributed by atoms with Crippen molar-refractivity contribution in [2.24, 2.45) is 0 Å². The van der Waals surface area contributed by atoms with Crippen molar-refractivity contribution in [1.29, 1.82) is 0 Å². The Morgan fingerprint density at radius 2 is 0.530 bits per heavy atom. The monoisotopic (exact) mass is 1760 g/mol. The minimum Gasteiger partial charge on any atom is -0.310 e. The SMILES string of the molecule is [2H]c1c([2H])c([2H])c(C(C)(C)C)c(-c2c([2H])c(C(C)(C)C)c([2H])c(-c3c([2H])c([2H])c(C(C)(C)C)c([2H])c3[2H])c2N2c3cc(-n4c5c([2H])c([2H])c([2H])c([2H])c5c5c([2H])c([2H])c([2H])c([2H])c54)ccc3B3c4ccc(-n5c6ccc(C(C)(C)C)cc6c6cc(C(C)(C)C)ccc65)cc4N(c4c(-c5c([2H])c([2H])c(C(C)(C)C)c([2H])c5[2H])c([2H])c(C(C)(C)C)c([2H])c4-c4c([2H])c(C(C)(C)C)c([2H])c(C(C)(C)C)c4[2H])c4cc(-n5c6c([2H])c([2H])c([2H])c([2H])c6c6c([2H])c([2H])c([2H])c([2H])c65)cc2c43)c1[2H]. The van der Waals surface area contributed by atoms with E-state index in [1.54, 1.807) is 168 Å². The quantitative estimate of drug-likeness (QED) is 0.134. The van der Waals surface area contributed by atoms with Crippen LogP contribution in [0.4, 0.5) is 34.1 Å². The molecule has 0 atom stereocenters. The molecule has 0 unspecified atom stereocenters. The third kappa shape index (κ3) is 14.7. The second-order valence-corrected chi connectivity index (χ2v) is 44.8. The maximum Gasteiger partial charge on any atom is 0.252 e. The van der Waals surface area contributed by atoms with Gasteiger partial charge in [-0.05, 0) is 246 Å². The van der Waals surface area contributed by atoms with Crippen LogP contribution in [0, 0.1) is 0 Å². The van der Waals surface area contributed by atoms with Crippen LogP contribution in [0.25, 0.3) is 127 Å². The van der Waals surface area contributed by atoms with Gasteiger partial charge in [0.05, 0.1) is 98.1 Å². The molecule has 0 N–H and O–H groups in total. The van der Waals surface area contributed by atoms with Crippen molar-refractivity contribution in [2.45, 2.75) is 236 Å². The first-order chi connectivity index (χ1) is 76.8. The number of benzene rings is 15. The first kappa shape index (κ1) is 55.6. The third-order valence-electron chi connectivity index (χ3n) is 25.7. The number of anilines is 6. The van der Waals surface area contributed by atoms with Gasteiger partial charge in [-0.15, -0.1) is 0 Å². The Hall–Kier alpha value is -12.6. The molecule has 0 spiro atoms. The second kappa shape index (κ2) is 30.5. The molecule has 2 aliphatic heterocycles. The van der Waals surface area contributed by atoms with Crippen molar-refractivity contribution in [3.8, 4) is 61.6 Å². The molecule has 662 valence electrons. The molecule has 0 fully saturated rings. The predicted molar refractivity (Wildman–Crippen MR) is 574 cm³/mol. The zero-order valence-electron chi connectivity index (χ0n) is 115. The van der Waals surface area contributed by atoms with Gasteiger partial charge in [0.25, 0.3) is 6.71 Å². The molecule has 18 aromatic rings. The van der Waals surface area contributed by atoms with E-state index in [1.807, 2.05) is 34.9 Å². The van der Waals surface area contributed by atoms with E-state index in [-0.39, 0.29) is 95.4 Å². The summed E-state index contributed by atoms with van der Waals surface area (Å²) in [7, 11) is 0. The minimum absolute atomic E-state index is 0.0377. The minimum atomic E-state index is -1.62. The molecule has 5 nitrogen and oxygen atoms in total. The van der Waals surface area contributed by atoms with Gasteiger partial charge in [-0.1, -0.05) is 374 Å². The van der Waals surface area contributed by atoms with Crippen molar-refractivity contribution >= 4 is 123 Å². The maximum absolute atomic E-state index is 12.0. The summed E-state index contributed by atoms with van der Waals surface area (Å²) >= 11 is 0. The number of nitrogens with zero attached hydrogens (tertiary/aromatic N) is 5. The van der Waals surface area contributed by atoms with Crippen molar-refractivity contribution < 1.29 is 48.0 Å². The number of rotatable bonds is 9. The molecular weight excluding hydrogens is 1590 g/mol. The predicted octanol–water partition coefficient (Wildman–Crippen LogP) is 33.4. The topological polar surface area (TPSA) is 21.3 Å².